The third kappa shape index (κ3) is 6.46. The molecule has 4 heteroatoms. The molecule has 0 spiro atoms. The average molecular weight is 709 g/mol. The fraction of sp³-hybridized carbons (Fsp3) is 0.745. The van der Waals surface area contributed by atoms with Gasteiger partial charge in [-0.2, -0.15) is 0 Å². The fourth-order valence-corrected chi connectivity index (χ4v) is 17.7. The summed E-state index contributed by atoms with van der Waals surface area (Å²) in [6, 6.07) is 22.5. The normalized spacial score (nSPS) is 43.5. The number of ether oxygens (including phenoxy) is 2. The summed E-state index contributed by atoms with van der Waals surface area (Å²) >= 11 is 0. The van der Waals surface area contributed by atoms with Crippen LogP contribution in [0.3, 0.4) is 0 Å². The van der Waals surface area contributed by atoms with Crippen LogP contribution in [0.15, 0.2) is 60.7 Å². The highest BCUT2D eigenvalue weighted by Crippen LogP contribution is 2.71. The second-order valence-electron chi connectivity index (χ2n) is 19.4. The Bertz CT molecular complexity index is 1400. The van der Waals surface area contributed by atoms with Crippen molar-refractivity contribution in [2.24, 2.45) is 88.8 Å². The van der Waals surface area contributed by atoms with Crippen LogP contribution in [0.1, 0.15) is 91.4 Å². The van der Waals surface area contributed by atoms with Crippen molar-refractivity contribution in [1.29, 1.82) is 0 Å². The summed E-state index contributed by atoms with van der Waals surface area (Å²) in [5.74, 6) is 13.7. The van der Waals surface area contributed by atoms with Gasteiger partial charge >= 0.3 is 0 Å². The van der Waals surface area contributed by atoms with Crippen LogP contribution in [0.5, 0.6) is 0 Å². The Kier molecular flexibility index (Phi) is 10.1. The van der Waals surface area contributed by atoms with Gasteiger partial charge in [0.1, 0.15) is 6.10 Å². The minimum Gasteiger partial charge on any atom is -0.408 e. The molecule has 6 saturated carbocycles. The number of hydrogen-bond acceptors (Lipinski definition) is 3. The van der Waals surface area contributed by atoms with Gasteiger partial charge in [0.2, 0.25) is 0 Å². The predicted octanol–water partition coefficient (Wildman–Crippen LogP) is 9.48. The first-order valence-electron chi connectivity index (χ1n) is 21.9. The third-order valence-electron chi connectivity index (χ3n) is 17.1. The zero-order chi connectivity index (χ0) is 34.7. The summed E-state index contributed by atoms with van der Waals surface area (Å²) in [5, 5.41) is 2.83. The first-order chi connectivity index (χ1) is 24.9. The van der Waals surface area contributed by atoms with Gasteiger partial charge in [0.25, 0.3) is 8.32 Å². The zero-order valence-corrected chi connectivity index (χ0v) is 33.3. The highest BCUT2D eigenvalue weighted by Gasteiger charge is 2.66. The number of hydrogen-bond donors (Lipinski definition) is 0. The van der Waals surface area contributed by atoms with Gasteiger partial charge in [-0.25, -0.2) is 0 Å². The Hall–Kier alpha value is -1.46. The number of benzene rings is 2. The number of epoxide rings is 1. The molecule has 1 aliphatic heterocycles. The number of rotatable bonds is 16. The Morgan fingerprint density at radius 1 is 0.608 bits per heavy atom. The molecule has 7 fully saturated rings. The molecule has 2 aromatic rings. The molecule has 0 N–H and O–H groups in total. The van der Waals surface area contributed by atoms with E-state index in [4.69, 9.17) is 13.9 Å². The molecule has 3 nitrogen and oxygen atoms in total. The van der Waals surface area contributed by atoms with E-state index >= 15 is 0 Å². The fourth-order valence-electron chi connectivity index (χ4n) is 14.9. The predicted molar refractivity (Wildman–Crippen MR) is 210 cm³/mol. The van der Waals surface area contributed by atoms with Gasteiger partial charge in [0.05, 0.1) is 13.2 Å². The smallest absolute Gasteiger partial charge is 0.252 e. The standard InChI is InChI=1S/C47H68O3Si/c1-5-6-7-10-15-32-20-33-23-42(32)45(30(33)2)46-35-22-37(27-50-51(4,39-16-11-8-12-17-39)40-18-13-9-14-19-40)43(25-35)47(46)44-31(3)41-24-34(44)21-36(41)26-48-28-38-29-49-38/h8-9,11-14,16-19,30-38,41-47H,5-7,10,15,20-29H2,1-4H3. The largest absolute Gasteiger partial charge is 0.408 e. The van der Waals surface area contributed by atoms with Gasteiger partial charge in [-0.1, -0.05) is 114 Å². The lowest BCUT2D eigenvalue weighted by Crippen LogP contribution is -2.59. The van der Waals surface area contributed by atoms with E-state index in [-0.39, 0.29) is 0 Å². The van der Waals surface area contributed by atoms with Gasteiger partial charge in [-0.05, 0) is 144 Å². The molecule has 16 unspecified atom stereocenters. The van der Waals surface area contributed by atoms with Crippen molar-refractivity contribution in [2.45, 2.75) is 104 Å². The van der Waals surface area contributed by atoms with Crippen LogP contribution in [-0.2, 0) is 13.9 Å². The molecule has 278 valence electrons. The van der Waals surface area contributed by atoms with Crippen molar-refractivity contribution >= 4 is 18.7 Å². The molecule has 0 aromatic heterocycles. The zero-order valence-electron chi connectivity index (χ0n) is 32.3. The van der Waals surface area contributed by atoms with Crippen molar-refractivity contribution < 1.29 is 13.9 Å². The summed E-state index contributed by atoms with van der Waals surface area (Å²) in [7, 11) is -2.32. The summed E-state index contributed by atoms with van der Waals surface area (Å²) in [4.78, 5) is 0. The molecule has 0 amide bonds. The molecule has 51 heavy (non-hydrogen) atoms. The van der Waals surface area contributed by atoms with Crippen LogP contribution in [0, 0.1) is 88.8 Å². The van der Waals surface area contributed by atoms with Crippen LogP contribution in [0.4, 0.5) is 0 Å². The van der Waals surface area contributed by atoms with E-state index in [2.05, 4.69) is 88.0 Å². The van der Waals surface area contributed by atoms with Crippen LogP contribution in [0.2, 0.25) is 6.55 Å². The molecule has 6 bridgehead atoms. The van der Waals surface area contributed by atoms with Gasteiger partial charge in [-0.15, -0.1) is 0 Å². The van der Waals surface area contributed by atoms with E-state index in [1.807, 2.05) is 0 Å². The maximum Gasteiger partial charge on any atom is 0.252 e. The van der Waals surface area contributed by atoms with Crippen LogP contribution in [0.25, 0.3) is 0 Å². The maximum absolute atomic E-state index is 7.45. The van der Waals surface area contributed by atoms with Gasteiger partial charge in [0, 0.05) is 13.2 Å². The van der Waals surface area contributed by atoms with Crippen molar-refractivity contribution in [1.82, 2.24) is 0 Å². The molecule has 1 heterocycles. The minimum absolute atomic E-state index is 0.385. The molecular weight excluding hydrogens is 641 g/mol. The molecular formula is C47H68O3Si. The Morgan fingerprint density at radius 2 is 1.22 bits per heavy atom. The molecule has 9 rings (SSSR count). The Balaban J connectivity index is 0.970. The number of fused-ring (bicyclic) bond motifs is 6. The molecule has 0 radical (unpaired) electrons. The lowest BCUT2D eigenvalue weighted by atomic mass is 9.55. The van der Waals surface area contributed by atoms with E-state index in [0.29, 0.717) is 6.10 Å². The van der Waals surface area contributed by atoms with E-state index in [1.165, 1.54) is 68.2 Å². The second-order valence-corrected chi connectivity index (χ2v) is 22.9. The Morgan fingerprint density at radius 3 is 1.86 bits per heavy atom. The topological polar surface area (TPSA) is 31.0 Å². The second kappa shape index (κ2) is 14.6. The lowest BCUT2D eigenvalue weighted by molar-refractivity contribution is -0.0406. The monoisotopic (exact) mass is 708 g/mol. The summed E-state index contributed by atoms with van der Waals surface area (Å²) < 4.78 is 19.2. The first-order valence-corrected chi connectivity index (χ1v) is 24.3. The lowest BCUT2D eigenvalue weighted by Gasteiger charge is -2.51. The molecule has 2 aromatic carbocycles. The number of unbranched alkanes of at least 4 members (excludes halogenated alkanes) is 3. The summed E-state index contributed by atoms with van der Waals surface area (Å²) in [6.07, 6.45) is 16.6. The quantitative estimate of drug-likeness (QED) is 0.0990. The summed E-state index contributed by atoms with van der Waals surface area (Å²) in [5.41, 5.74) is 0. The van der Waals surface area contributed by atoms with E-state index in [1.54, 1.807) is 12.8 Å². The maximum atomic E-state index is 7.45. The Labute approximate surface area is 311 Å². The molecule has 6 aliphatic carbocycles. The average Bonchev–Trinajstić information content (AvgIpc) is 3.61. The van der Waals surface area contributed by atoms with Gasteiger partial charge in [0.15, 0.2) is 0 Å². The van der Waals surface area contributed by atoms with Crippen molar-refractivity contribution in [3.05, 3.63) is 60.7 Å². The minimum atomic E-state index is -2.32. The highest BCUT2D eigenvalue weighted by molar-refractivity contribution is 6.96. The molecule has 7 aliphatic rings. The van der Waals surface area contributed by atoms with Crippen LogP contribution >= 0.6 is 0 Å². The van der Waals surface area contributed by atoms with Crippen LogP contribution in [-0.4, -0.2) is 40.8 Å². The highest BCUT2D eigenvalue weighted by atomic mass is 28.4. The van der Waals surface area contributed by atoms with E-state index in [0.717, 1.165) is 115 Å². The van der Waals surface area contributed by atoms with E-state index < -0.39 is 8.32 Å². The van der Waals surface area contributed by atoms with Crippen molar-refractivity contribution in [2.75, 3.05) is 26.4 Å². The van der Waals surface area contributed by atoms with E-state index in [9.17, 15) is 0 Å². The summed E-state index contributed by atoms with van der Waals surface area (Å²) in [6.45, 7) is 13.9. The van der Waals surface area contributed by atoms with Gasteiger partial charge in [-0.3, -0.25) is 0 Å². The molecule has 1 saturated heterocycles. The van der Waals surface area contributed by atoms with Crippen molar-refractivity contribution in [3.63, 3.8) is 0 Å². The molecule has 16 atom stereocenters. The first kappa shape index (κ1) is 35.3. The SMILES string of the molecule is CCCCCCC1CC2CC1C(C1C3CC(CO[Si](C)(c4ccccc4)c4ccccc4)C(C3)C1C1C3CC(COCC4CO4)C(C3)C1C)C2C. The van der Waals surface area contributed by atoms with Crippen LogP contribution < -0.4 is 10.4 Å². The van der Waals surface area contributed by atoms with Crippen molar-refractivity contribution in [3.8, 4) is 0 Å². The van der Waals surface area contributed by atoms with Gasteiger partial charge < -0.3 is 13.9 Å². The third-order valence-corrected chi connectivity index (χ3v) is 20.7.